The lowest BCUT2D eigenvalue weighted by Crippen LogP contribution is -2.52. The number of nitrogens with zero attached hydrogens (tertiary/aromatic N) is 2. The van der Waals surface area contributed by atoms with Crippen LogP contribution in [-0.4, -0.2) is 34.4 Å². The molecule has 0 radical (unpaired) electrons. The molecule has 0 aliphatic rings. The van der Waals surface area contributed by atoms with E-state index in [2.05, 4.69) is 20.6 Å². The third kappa shape index (κ3) is 5.28. The van der Waals surface area contributed by atoms with Crippen molar-refractivity contribution in [3.63, 3.8) is 0 Å². The minimum Gasteiger partial charge on any atom is -0.465 e. The first kappa shape index (κ1) is 25.8. The predicted octanol–water partition coefficient (Wildman–Crippen LogP) is 5.49. The molecule has 0 atom stereocenters. The molecule has 2 amide bonds. The normalized spacial score (nSPS) is 11.3. The molecule has 190 valence electrons. The third-order valence-corrected chi connectivity index (χ3v) is 6.32. The van der Waals surface area contributed by atoms with Gasteiger partial charge >= 0.3 is 5.97 Å². The molecule has 2 aromatic heterocycles. The molecule has 4 rings (SSSR count). The number of unbranched alkanes of at least 4 members (excludes halogenated alkanes) is 2. The molecular weight excluding hydrogens is 468 g/mol. The second-order valence-electron chi connectivity index (χ2n) is 8.75. The predicted molar refractivity (Wildman–Crippen MR) is 144 cm³/mol. The number of esters is 1. The maximum atomic E-state index is 14.0. The number of pyridine rings is 2. The number of carbonyl (C=O) groups excluding carboxylic acids is 3. The van der Waals surface area contributed by atoms with Gasteiger partial charge in [-0.2, -0.15) is 0 Å². The first-order valence-corrected chi connectivity index (χ1v) is 12.5. The maximum Gasteiger partial charge on any atom is 0.331 e. The van der Waals surface area contributed by atoms with Crippen molar-refractivity contribution in [1.29, 1.82) is 0 Å². The number of benzene rings is 2. The molecule has 8 heteroatoms. The van der Waals surface area contributed by atoms with Gasteiger partial charge in [-0.05, 0) is 37.6 Å². The van der Waals surface area contributed by atoms with E-state index in [1.165, 1.54) is 0 Å². The van der Waals surface area contributed by atoms with Gasteiger partial charge in [-0.1, -0.05) is 62.6 Å². The summed E-state index contributed by atoms with van der Waals surface area (Å²) in [6.07, 6.45) is 5.32. The lowest BCUT2D eigenvalue weighted by molar-refractivity contribution is -0.163. The highest BCUT2D eigenvalue weighted by molar-refractivity contribution is 6.28. The van der Waals surface area contributed by atoms with Crippen LogP contribution in [0.3, 0.4) is 0 Å². The highest BCUT2D eigenvalue weighted by Crippen LogP contribution is 2.33. The Morgan fingerprint density at radius 1 is 0.757 bits per heavy atom. The molecule has 0 saturated heterocycles. The zero-order valence-electron chi connectivity index (χ0n) is 21.0. The summed E-state index contributed by atoms with van der Waals surface area (Å²) < 4.78 is 5.34. The minimum absolute atomic E-state index is 0.00622. The Morgan fingerprint density at radius 2 is 1.27 bits per heavy atom. The summed E-state index contributed by atoms with van der Waals surface area (Å²) in [6.45, 7) is 3.68. The van der Waals surface area contributed by atoms with E-state index in [0.29, 0.717) is 28.8 Å². The van der Waals surface area contributed by atoms with E-state index < -0.39 is 23.2 Å². The molecule has 8 nitrogen and oxygen atoms in total. The van der Waals surface area contributed by atoms with E-state index in [9.17, 15) is 14.4 Å². The van der Waals surface area contributed by atoms with Crippen LogP contribution < -0.4 is 10.6 Å². The van der Waals surface area contributed by atoms with Crippen molar-refractivity contribution >= 4 is 51.0 Å². The van der Waals surface area contributed by atoms with Crippen molar-refractivity contribution in [1.82, 2.24) is 9.97 Å². The van der Waals surface area contributed by atoms with E-state index in [-0.39, 0.29) is 13.0 Å². The largest absolute Gasteiger partial charge is 0.465 e. The van der Waals surface area contributed by atoms with Gasteiger partial charge in [0.25, 0.3) is 11.8 Å². The van der Waals surface area contributed by atoms with Crippen LogP contribution in [0.1, 0.15) is 39.5 Å². The Balaban J connectivity index is 1.77. The molecule has 37 heavy (non-hydrogen) atoms. The standard InChI is InChI=1S/C29H30N4O4/c1-3-5-6-17-29(28(36)37-4-2,26(34)32-22-15-7-11-20-13-9-18-30-24(20)22)27(35)33-23-16-8-12-21-14-10-19-31-25(21)23/h7-16,18-19H,3-6,17H2,1-2H3,(H,32,34)(H,33,35). The molecule has 0 bridgehead atoms. The average Bonchev–Trinajstić information content (AvgIpc) is 2.91. The van der Waals surface area contributed by atoms with Crippen LogP contribution in [0.2, 0.25) is 0 Å². The number of amides is 2. The molecule has 2 heterocycles. The van der Waals surface area contributed by atoms with Gasteiger partial charge in [0, 0.05) is 23.2 Å². The summed E-state index contributed by atoms with van der Waals surface area (Å²) in [5.41, 5.74) is -0.176. The number of nitrogens with one attached hydrogen (secondary N) is 2. The van der Waals surface area contributed by atoms with Crippen LogP contribution in [0.15, 0.2) is 73.1 Å². The summed E-state index contributed by atoms with van der Waals surface area (Å²) in [7, 11) is 0. The quantitative estimate of drug-likeness (QED) is 0.170. The fourth-order valence-corrected chi connectivity index (χ4v) is 4.38. The molecule has 0 fully saturated rings. The third-order valence-electron chi connectivity index (χ3n) is 6.32. The van der Waals surface area contributed by atoms with Crippen LogP contribution in [0.25, 0.3) is 21.8 Å². The van der Waals surface area contributed by atoms with Crippen molar-refractivity contribution in [2.45, 2.75) is 39.5 Å². The zero-order valence-corrected chi connectivity index (χ0v) is 21.0. The number of para-hydroxylation sites is 2. The van der Waals surface area contributed by atoms with Gasteiger partial charge in [0.15, 0.2) is 0 Å². The molecule has 0 saturated carbocycles. The lowest BCUT2D eigenvalue weighted by Gasteiger charge is -2.29. The summed E-state index contributed by atoms with van der Waals surface area (Å²) >= 11 is 0. The number of hydrogen-bond acceptors (Lipinski definition) is 6. The first-order chi connectivity index (χ1) is 18.0. The molecule has 0 aliphatic carbocycles. The minimum atomic E-state index is -2.11. The fraction of sp³-hybridized carbons (Fsp3) is 0.276. The highest BCUT2D eigenvalue weighted by atomic mass is 16.5. The van der Waals surface area contributed by atoms with Crippen molar-refractivity contribution in [2.24, 2.45) is 5.41 Å². The van der Waals surface area contributed by atoms with Gasteiger partial charge in [-0.25, -0.2) is 0 Å². The van der Waals surface area contributed by atoms with Crippen molar-refractivity contribution in [3.8, 4) is 0 Å². The van der Waals surface area contributed by atoms with E-state index >= 15 is 0 Å². The molecule has 2 aromatic carbocycles. The number of rotatable bonds is 10. The number of fused-ring (bicyclic) bond motifs is 2. The smallest absolute Gasteiger partial charge is 0.331 e. The monoisotopic (exact) mass is 498 g/mol. The molecule has 2 N–H and O–H groups in total. The van der Waals surface area contributed by atoms with E-state index in [4.69, 9.17) is 4.74 Å². The van der Waals surface area contributed by atoms with Gasteiger partial charge in [-0.15, -0.1) is 0 Å². The van der Waals surface area contributed by atoms with Crippen molar-refractivity contribution < 1.29 is 19.1 Å². The van der Waals surface area contributed by atoms with Crippen LogP contribution in [0.5, 0.6) is 0 Å². The van der Waals surface area contributed by atoms with Crippen molar-refractivity contribution in [2.75, 3.05) is 17.2 Å². The Bertz CT molecular complexity index is 1330. The Labute approximate surface area is 215 Å². The molecular formula is C29H30N4O4. The molecule has 0 aliphatic heterocycles. The summed E-state index contributed by atoms with van der Waals surface area (Å²) in [6, 6.07) is 18.0. The SMILES string of the molecule is CCCCCC(C(=O)Nc1cccc2cccnc12)(C(=O)Nc1cccc2cccnc12)C(=O)OCC. The number of carbonyl (C=O) groups is 3. The number of ether oxygens (including phenoxy) is 1. The summed E-state index contributed by atoms with van der Waals surface area (Å²) in [5.74, 6) is -2.40. The Kier molecular flexibility index (Phi) is 8.08. The number of anilines is 2. The summed E-state index contributed by atoms with van der Waals surface area (Å²) in [5, 5.41) is 7.27. The molecule has 0 unspecified atom stereocenters. The van der Waals surface area contributed by atoms with E-state index in [1.54, 1.807) is 55.7 Å². The zero-order chi connectivity index (χ0) is 26.3. The topological polar surface area (TPSA) is 110 Å². The number of hydrogen-bond donors (Lipinski definition) is 2. The molecule has 0 spiro atoms. The molecule has 4 aromatic rings. The van der Waals surface area contributed by atoms with Gasteiger partial charge in [0.2, 0.25) is 5.41 Å². The number of aromatic nitrogens is 2. The fourth-order valence-electron chi connectivity index (χ4n) is 4.38. The van der Waals surface area contributed by atoms with E-state index in [0.717, 1.165) is 23.6 Å². The van der Waals surface area contributed by atoms with Crippen LogP contribution in [-0.2, 0) is 19.1 Å². The van der Waals surface area contributed by atoms with E-state index in [1.807, 2.05) is 31.2 Å². The van der Waals surface area contributed by atoms with Gasteiger partial charge in [-0.3, -0.25) is 24.4 Å². The maximum absolute atomic E-state index is 14.0. The van der Waals surface area contributed by atoms with Gasteiger partial charge in [0.1, 0.15) is 0 Å². The first-order valence-electron chi connectivity index (χ1n) is 12.5. The van der Waals surface area contributed by atoms with Crippen LogP contribution >= 0.6 is 0 Å². The average molecular weight is 499 g/mol. The van der Waals surface area contributed by atoms with Gasteiger partial charge in [0.05, 0.1) is 29.0 Å². The highest BCUT2D eigenvalue weighted by Gasteiger charge is 2.54. The van der Waals surface area contributed by atoms with Crippen LogP contribution in [0, 0.1) is 5.41 Å². The summed E-state index contributed by atoms with van der Waals surface area (Å²) in [4.78, 5) is 50.2. The second kappa shape index (κ2) is 11.6. The van der Waals surface area contributed by atoms with Crippen LogP contribution in [0.4, 0.5) is 11.4 Å². The Morgan fingerprint density at radius 3 is 1.76 bits per heavy atom. The second-order valence-corrected chi connectivity index (χ2v) is 8.75. The van der Waals surface area contributed by atoms with Crippen molar-refractivity contribution in [3.05, 3.63) is 73.1 Å². The Hall–Kier alpha value is -4.33. The van der Waals surface area contributed by atoms with Gasteiger partial charge < -0.3 is 15.4 Å². The lowest BCUT2D eigenvalue weighted by atomic mass is 9.80.